The predicted molar refractivity (Wildman–Crippen MR) is 70.4 cm³/mol. The maximum absolute atomic E-state index is 11.9. The van der Waals surface area contributed by atoms with Crippen LogP contribution < -0.4 is 5.32 Å². The summed E-state index contributed by atoms with van der Waals surface area (Å²) in [5, 5.41) is 3.86. The Hall–Kier alpha value is -0.870. The van der Waals surface area contributed by atoms with Gasteiger partial charge in [0, 0.05) is 30.1 Å². The van der Waals surface area contributed by atoms with Crippen molar-refractivity contribution in [3.8, 4) is 0 Å². The van der Waals surface area contributed by atoms with E-state index in [9.17, 15) is 4.79 Å². The van der Waals surface area contributed by atoms with Gasteiger partial charge in [-0.1, -0.05) is 28.1 Å². The zero-order chi connectivity index (χ0) is 12.1. The first-order chi connectivity index (χ1) is 8.29. The molecule has 0 aliphatic carbocycles. The quantitative estimate of drug-likeness (QED) is 0.871. The molecule has 0 radical (unpaired) electrons. The van der Waals surface area contributed by atoms with E-state index in [1.165, 1.54) is 5.56 Å². The van der Waals surface area contributed by atoms with Crippen LogP contribution in [0.5, 0.6) is 0 Å². The van der Waals surface area contributed by atoms with Crippen molar-refractivity contribution in [1.82, 2.24) is 5.32 Å². The van der Waals surface area contributed by atoms with Gasteiger partial charge >= 0.3 is 0 Å². The molecule has 1 aliphatic heterocycles. The summed E-state index contributed by atoms with van der Waals surface area (Å²) in [6.07, 6.45) is 1.82. The van der Waals surface area contributed by atoms with Crippen LogP contribution >= 0.6 is 15.9 Å². The van der Waals surface area contributed by atoms with Crippen molar-refractivity contribution in [2.75, 3.05) is 13.2 Å². The highest BCUT2D eigenvalue weighted by molar-refractivity contribution is 9.08. The molecule has 3 nitrogen and oxygen atoms in total. The maximum atomic E-state index is 11.9. The normalized spacial score (nSPS) is 16.8. The van der Waals surface area contributed by atoms with E-state index in [1.807, 2.05) is 24.3 Å². The van der Waals surface area contributed by atoms with Gasteiger partial charge in [-0.2, -0.15) is 0 Å². The average Bonchev–Trinajstić information content (AvgIpc) is 2.40. The van der Waals surface area contributed by atoms with Crippen molar-refractivity contribution in [2.45, 2.75) is 24.2 Å². The fraction of sp³-hybridized carbons (Fsp3) is 0.462. The summed E-state index contributed by atoms with van der Waals surface area (Å²) in [5.41, 5.74) is 1.90. The third-order valence-corrected chi connectivity index (χ3v) is 3.57. The Bertz CT molecular complexity index is 372. The second-order valence-corrected chi connectivity index (χ2v) is 4.75. The van der Waals surface area contributed by atoms with Crippen LogP contribution in [0.15, 0.2) is 24.3 Å². The summed E-state index contributed by atoms with van der Waals surface area (Å²) in [6.45, 7) is 1.49. The predicted octanol–water partition coefficient (Wildman–Crippen LogP) is 2.49. The first-order valence-corrected chi connectivity index (χ1v) is 6.95. The van der Waals surface area contributed by atoms with Crippen LogP contribution in [-0.2, 0) is 10.1 Å². The van der Waals surface area contributed by atoms with Crippen LogP contribution in [-0.4, -0.2) is 25.2 Å². The van der Waals surface area contributed by atoms with Crippen molar-refractivity contribution in [1.29, 1.82) is 0 Å². The van der Waals surface area contributed by atoms with Gasteiger partial charge in [-0.15, -0.1) is 0 Å². The number of rotatable bonds is 3. The number of ether oxygens (including phenoxy) is 1. The van der Waals surface area contributed by atoms with E-state index in [-0.39, 0.29) is 11.9 Å². The van der Waals surface area contributed by atoms with E-state index in [0.29, 0.717) is 0 Å². The van der Waals surface area contributed by atoms with Crippen LogP contribution in [0.25, 0.3) is 0 Å². The molecule has 1 aromatic rings. The van der Waals surface area contributed by atoms with Gasteiger partial charge in [-0.3, -0.25) is 4.79 Å². The molecule has 1 aromatic carbocycles. The molecule has 0 aromatic heterocycles. The second kappa shape index (κ2) is 6.17. The number of nitrogens with one attached hydrogen (secondary N) is 1. The highest BCUT2D eigenvalue weighted by Crippen LogP contribution is 2.10. The SMILES string of the molecule is O=C(NC1CCOCC1)c1ccc(CBr)cc1. The minimum absolute atomic E-state index is 0.0121. The lowest BCUT2D eigenvalue weighted by molar-refractivity contribution is 0.0696. The average molecular weight is 298 g/mol. The zero-order valence-corrected chi connectivity index (χ0v) is 11.2. The Kier molecular flexibility index (Phi) is 4.57. The van der Waals surface area contributed by atoms with Crippen molar-refractivity contribution < 1.29 is 9.53 Å². The van der Waals surface area contributed by atoms with Gasteiger partial charge in [0.05, 0.1) is 0 Å². The minimum Gasteiger partial charge on any atom is -0.381 e. The third kappa shape index (κ3) is 3.54. The molecule has 0 saturated carbocycles. The van der Waals surface area contributed by atoms with E-state index < -0.39 is 0 Å². The lowest BCUT2D eigenvalue weighted by atomic mass is 10.1. The van der Waals surface area contributed by atoms with Gasteiger partial charge in [0.25, 0.3) is 5.91 Å². The summed E-state index contributed by atoms with van der Waals surface area (Å²) in [5.74, 6) is 0.0121. The van der Waals surface area contributed by atoms with E-state index >= 15 is 0 Å². The molecule has 2 rings (SSSR count). The Balaban J connectivity index is 1.93. The zero-order valence-electron chi connectivity index (χ0n) is 9.62. The molecule has 1 saturated heterocycles. The molecule has 0 atom stereocenters. The van der Waals surface area contributed by atoms with Gasteiger partial charge in [-0.25, -0.2) is 0 Å². The summed E-state index contributed by atoms with van der Waals surface area (Å²) >= 11 is 3.38. The lowest BCUT2D eigenvalue weighted by Gasteiger charge is -2.23. The number of alkyl halides is 1. The Labute approximate surface area is 110 Å². The van der Waals surface area contributed by atoms with Gasteiger partial charge < -0.3 is 10.1 Å². The molecule has 1 heterocycles. The monoisotopic (exact) mass is 297 g/mol. The number of hydrogen-bond acceptors (Lipinski definition) is 2. The summed E-state index contributed by atoms with van der Waals surface area (Å²) < 4.78 is 5.26. The van der Waals surface area contributed by atoms with E-state index in [4.69, 9.17) is 4.74 Å². The van der Waals surface area contributed by atoms with E-state index in [1.54, 1.807) is 0 Å². The smallest absolute Gasteiger partial charge is 0.251 e. The highest BCUT2D eigenvalue weighted by atomic mass is 79.9. The first-order valence-electron chi connectivity index (χ1n) is 5.83. The first kappa shape index (κ1) is 12.6. The topological polar surface area (TPSA) is 38.3 Å². The molecule has 1 aliphatic rings. The standard InChI is InChI=1S/C13H16BrNO2/c14-9-10-1-3-11(4-2-10)13(16)15-12-5-7-17-8-6-12/h1-4,12H,5-9H2,(H,15,16). The molecule has 17 heavy (non-hydrogen) atoms. The molecule has 0 spiro atoms. The molecule has 4 heteroatoms. The number of amides is 1. The second-order valence-electron chi connectivity index (χ2n) is 4.19. The van der Waals surface area contributed by atoms with Crippen LogP contribution in [0.3, 0.4) is 0 Å². The van der Waals surface area contributed by atoms with Crippen molar-refractivity contribution in [3.63, 3.8) is 0 Å². The Morgan fingerprint density at radius 3 is 2.53 bits per heavy atom. The summed E-state index contributed by atoms with van der Waals surface area (Å²) in [7, 11) is 0. The highest BCUT2D eigenvalue weighted by Gasteiger charge is 2.16. The van der Waals surface area contributed by atoms with Crippen LogP contribution in [0.4, 0.5) is 0 Å². The van der Waals surface area contributed by atoms with Gasteiger partial charge in [0.1, 0.15) is 0 Å². The molecule has 1 amide bonds. The van der Waals surface area contributed by atoms with Crippen LogP contribution in [0.1, 0.15) is 28.8 Å². The Morgan fingerprint density at radius 1 is 1.29 bits per heavy atom. The minimum atomic E-state index is 0.0121. The molecule has 0 unspecified atom stereocenters. The summed E-state index contributed by atoms with van der Waals surface area (Å²) in [6, 6.07) is 7.92. The number of carbonyl (C=O) groups excluding carboxylic acids is 1. The fourth-order valence-corrected chi connectivity index (χ4v) is 2.23. The number of halogens is 1. The third-order valence-electron chi connectivity index (χ3n) is 2.93. The largest absolute Gasteiger partial charge is 0.381 e. The molecule has 1 fully saturated rings. The van der Waals surface area contributed by atoms with Crippen molar-refractivity contribution in [3.05, 3.63) is 35.4 Å². The van der Waals surface area contributed by atoms with E-state index in [2.05, 4.69) is 21.2 Å². The molecule has 92 valence electrons. The number of hydrogen-bond donors (Lipinski definition) is 1. The fourth-order valence-electron chi connectivity index (χ4n) is 1.86. The van der Waals surface area contributed by atoms with Gasteiger partial charge in [0.2, 0.25) is 0 Å². The Morgan fingerprint density at radius 2 is 1.94 bits per heavy atom. The van der Waals surface area contributed by atoms with Gasteiger partial charge in [0.15, 0.2) is 0 Å². The van der Waals surface area contributed by atoms with Crippen LogP contribution in [0.2, 0.25) is 0 Å². The molecule has 0 bridgehead atoms. The molecule has 1 N–H and O–H groups in total. The number of carbonyl (C=O) groups is 1. The van der Waals surface area contributed by atoms with Crippen molar-refractivity contribution in [2.24, 2.45) is 0 Å². The van der Waals surface area contributed by atoms with Crippen LogP contribution in [0, 0.1) is 0 Å². The molecular weight excluding hydrogens is 282 g/mol. The summed E-state index contributed by atoms with van der Waals surface area (Å²) in [4.78, 5) is 11.9. The lowest BCUT2D eigenvalue weighted by Crippen LogP contribution is -2.38. The number of benzene rings is 1. The van der Waals surface area contributed by atoms with Crippen molar-refractivity contribution >= 4 is 21.8 Å². The van der Waals surface area contributed by atoms with Gasteiger partial charge in [-0.05, 0) is 30.5 Å². The van der Waals surface area contributed by atoms with E-state index in [0.717, 1.165) is 36.9 Å². The molecular formula is C13H16BrNO2. The maximum Gasteiger partial charge on any atom is 0.251 e.